The summed E-state index contributed by atoms with van der Waals surface area (Å²) in [5.41, 5.74) is 5.08. The lowest BCUT2D eigenvalue weighted by atomic mass is 10.2. The standard InChI is InChI=1S/C29H36O2Si/c1-4-5-21-30-29(25(2)3)31-32(22-26-15-9-6-10-16-26,23-27-17-11-7-12-18-27)24-28-19-13-8-14-20-28/h6-20H,4-5,21-24H2,1-3H3. The Labute approximate surface area is 195 Å². The highest BCUT2D eigenvalue weighted by Crippen LogP contribution is 2.28. The van der Waals surface area contributed by atoms with Crippen molar-refractivity contribution >= 4 is 8.32 Å². The Kier molecular flexibility index (Phi) is 9.18. The SMILES string of the molecule is CCCCOC(O[Si](Cc1ccccc1)(Cc1ccccc1)Cc1ccccc1)=C(C)C. The molecule has 0 radical (unpaired) electrons. The van der Waals surface area contributed by atoms with E-state index in [1.807, 2.05) is 0 Å². The van der Waals surface area contributed by atoms with Gasteiger partial charge in [-0.3, -0.25) is 0 Å². The summed E-state index contributed by atoms with van der Waals surface area (Å²) in [4.78, 5) is 0. The van der Waals surface area contributed by atoms with Crippen LogP contribution < -0.4 is 0 Å². The van der Waals surface area contributed by atoms with E-state index < -0.39 is 8.32 Å². The van der Waals surface area contributed by atoms with Gasteiger partial charge in [-0.15, -0.1) is 0 Å². The third-order valence-electron chi connectivity index (χ3n) is 5.56. The number of hydrogen-bond acceptors (Lipinski definition) is 2. The molecule has 0 aliphatic carbocycles. The molecule has 0 aliphatic rings. The molecule has 0 N–H and O–H groups in total. The first-order valence-electron chi connectivity index (χ1n) is 11.7. The zero-order valence-corrected chi connectivity index (χ0v) is 20.7. The fourth-order valence-corrected chi connectivity index (χ4v) is 8.17. The summed E-state index contributed by atoms with van der Waals surface area (Å²) in [5, 5.41) is 0. The van der Waals surface area contributed by atoms with Gasteiger partial charge in [0, 0.05) is 23.7 Å². The predicted octanol–water partition coefficient (Wildman–Crippen LogP) is 7.36. The Morgan fingerprint density at radius 3 is 1.41 bits per heavy atom. The third kappa shape index (κ3) is 7.42. The summed E-state index contributed by atoms with van der Waals surface area (Å²) >= 11 is 0. The van der Waals surface area contributed by atoms with Crippen LogP contribution in [0.2, 0.25) is 0 Å². The van der Waals surface area contributed by atoms with Crippen molar-refractivity contribution in [3.05, 3.63) is 119 Å². The van der Waals surface area contributed by atoms with E-state index in [2.05, 4.69) is 112 Å². The van der Waals surface area contributed by atoms with Gasteiger partial charge in [0.1, 0.15) is 0 Å². The van der Waals surface area contributed by atoms with E-state index in [1.165, 1.54) is 16.7 Å². The Morgan fingerprint density at radius 2 is 1.06 bits per heavy atom. The molecule has 3 heteroatoms. The summed E-state index contributed by atoms with van der Waals surface area (Å²) in [6, 6.07) is 35.1. The molecule has 0 heterocycles. The molecule has 0 saturated heterocycles. The maximum Gasteiger partial charge on any atom is 0.268 e. The van der Waals surface area contributed by atoms with Crippen LogP contribution in [-0.4, -0.2) is 14.9 Å². The quantitative estimate of drug-likeness (QED) is 0.165. The van der Waals surface area contributed by atoms with E-state index in [0.717, 1.165) is 42.5 Å². The number of hydrogen-bond donors (Lipinski definition) is 0. The summed E-state index contributed by atoms with van der Waals surface area (Å²) in [6.45, 7) is 7.07. The molecule has 3 aromatic rings. The molecule has 0 aromatic heterocycles. The van der Waals surface area contributed by atoms with E-state index in [1.54, 1.807) is 0 Å². The highest BCUT2D eigenvalue weighted by Gasteiger charge is 2.39. The van der Waals surface area contributed by atoms with Crippen molar-refractivity contribution in [2.75, 3.05) is 6.61 Å². The molecular weight excluding hydrogens is 408 g/mol. The molecule has 0 spiro atoms. The smallest absolute Gasteiger partial charge is 0.268 e. The number of allylic oxidation sites excluding steroid dienone is 1. The van der Waals surface area contributed by atoms with Crippen LogP contribution in [0.15, 0.2) is 103 Å². The molecule has 3 aromatic carbocycles. The summed E-state index contributed by atoms with van der Waals surface area (Å²) < 4.78 is 13.3. The van der Waals surface area contributed by atoms with Crippen LogP contribution in [0.5, 0.6) is 0 Å². The van der Waals surface area contributed by atoms with Crippen molar-refractivity contribution in [1.82, 2.24) is 0 Å². The number of ether oxygens (including phenoxy) is 1. The van der Waals surface area contributed by atoms with Gasteiger partial charge in [0.15, 0.2) is 0 Å². The van der Waals surface area contributed by atoms with Crippen molar-refractivity contribution in [3.8, 4) is 0 Å². The topological polar surface area (TPSA) is 18.5 Å². The average molecular weight is 445 g/mol. The van der Waals surface area contributed by atoms with Crippen molar-refractivity contribution in [1.29, 1.82) is 0 Å². The Morgan fingerprint density at radius 1 is 0.656 bits per heavy atom. The van der Waals surface area contributed by atoms with E-state index in [9.17, 15) is 0 Å². The number of rotatable bonds is 12. The first-order chi connectivity index (χ1) is 15.6. The van der Waals surface area contributed by atoms with Crippen LogP contribution in [-0.2, 0) is 27.3 Å². The van der Waals surface area contributed by atoms with Gasteiger partial charge < -0.3 is 9.16 Å². The lowest BCUT2D eigenvalue weighted by molar-refractivity contribution is 0.0930. The molecule has 2 nitrogen and oxygen atoms in total. The molecule has 0 saturated carbocycles. The van der Waals surface area contributed by atoms with E-state index in [0.29, 0.717) is 6.61 Å². The molecule has 32 heavy (non-hydrogen) atoms. The maximum atomic E-state index is 7.05. The van der Waals surface area contributed by atoms with Crippen LogP contribution in [0.25, 0.3) is 0 Å². The van der Waals surface area contributed by atoms with Gasteiger partial charge in [0.25, 0.3) is 14.3 Å². The second kappa shape index (κ2) is 12.3. The van der Waals surface area contributed by atoms with Gasteiger partial charge in [0.05, 0.1) is 6.61 Å². The monoisotopic (exact) mass is 444 g/mol. The molecule has 0 amide bonds. The highest BCUT2D eigenvalue weighted by molar-refractivity contribution is 6.72. The molecular formula is C29H36O2Si. The Hall–Kier alpha value is -2.78. The molecule has 168 valence electrons. The number of unbranched alkanes of at least 4 members (excludes halogenated alkanes) is 1. The van der Waals surface area contributed by atoms with Crippen molar-refractivity contribution in [2.24, 2.45) is 0 Å². The molecule has 0 bridgehead atoms. The van der Waals surface area contributed by atoms with E-state index >= 15 is 0 Å². The third-order valence-corrected chi connectivity index (χ3v) is 9.33. The Bertz CT molecular complexity index is 847. The highest BCUT2D eigenvalue weighted by atomic mass is 28.4. The van der Waals surface area contributed by atoms with Gasteiger partial charge in [0.2, 0.25) is 0 Å². The Balaban J connectivity index is 2.02. The maximum absolute atomic E-state index is 7.05. The lowest BCUT2D eigenvalue weighted by Crippen LogP contribution is -2.47. The minimum absolute atomic E-state index is 0.698. The summed E-state index contributed by atoms with van der Waals surface area (Å²) in [5.74, 6) is 0.730. The largest absolute Gasteiger partial charge is 0.518 e. The average Bonchev–Trinajstić information content (AvgIpc) is 2.80. The second-order valence-corrected chi connectivity index (χ2v) is 12.4. The van der Waals surface area contributed by atoms with Gasteiger partial charge in [-0.25, -0.2) is 0 Å². The summed E-state index contributed by atoms with van der Waals surface area (Å²) in [7, 11) is -2.39. The van der Waals surface area contributed by atoms with Crippen molar-refractivity contribution in [2.45, 2.75) is 51.7 Å². The fourth-order valence-electron chi connectivity index (χ4n) is 3.98. The molecule has 0 atom stereocenters. The molecule has 0 fully saturated rings. The summed E-state index contributed by atoms with van der Waals surface area (Å²) in [6.07, 6.45) is 2.14. The zero-order chi connectivity index (χ0) is 22.7. The van der Waals surface area contributed by atoms with Crippen LogP contribution in [0, 0.1) is 0 Å². The van der Waals surface area contributed by atoms with Gasteiger partial charge >= 0.3 is 0 Å². The van der Waals surface area contributed by atoms with Crippen molar-refractivity contribution in [3.63, 3.8) is 0 Å². The van der Waals surface area contributed by atoms with Crippen LogP contribution >= 0.6 is 0 Å². The fraction of sp³-hybridized carbons (Fsp3) is 0.310. The predicted molar refractivity (Wildman–Crippen MR) is 137 cm³/mol. The first kappa shape index (κ1) is 23.9. The minimum atomic E-state index is -2.39. The van der Waals surface area contributed by atoms with E-state index in [4.69, 9.17) is 9.16 Å². The van der Waals surface area contributed by atoms with Crippen LogP contribution in [0.1, 0.15) is 50.3 Å². The van der Waals surface area contributed by atoms with E-state index in [-0.39, 0.29) is 0 Å². The second-order valence-electron chi connectivity index (χ2n) is 8.76. The zero-order valence-electron chi connectivity index (χ0n) is 19.7. The lowest BCUT2D eigenvalue weighted by Gasteiger charge is -2.34. The van der Waals surface area contributed by atoms with Crippen LogP contribution in [0.4, 0.5) is 0 Å². The normalized spacial score (nSPS) is 11.1. The van der Waals surface area contributed by atoms with Gasteiger partial charge in [-0.1, -0.05) is 104 Å². The number of benzene rings is 3. The first-order valence-corrected chi connectivity index (χ1v) is 14.2. The van der Waals surface area contributed by atoms with Gasteiger partial charge in [-0.2, -0.15) is 0 Å². The molecule has 0 unspecified atom stereocenters. The van der Waals surface area contributed by atoms with Crippen LogP contribution in [0.3, 0.4) is 0 Å². The van der Waals surface area contributed by atoms with Gasteiger partial charge in [-0.05, 0) is 37.0 Å². The minimum Gasteiger partial charge on any atom is -0.518 e. The molecule has 3 rings (SSSR count). The molecule has 0 aliphatic heterocycles. The van der Waals surface area contributed by atoms with Crippen molar-refractivity contribution < 1.29 is 9.16 Å².